The molecule has 9 nitrogen and oxygen atoms in total. The van der Waals surface area contributed by atoms with Crippen LogP contribution < -0.4 is 10.2 Å². The van der Waals surface area contributed by atoms with E-state index in [4.69, 9.17) is 0 Å². The van der Waals surface area contributed by atoms with E-state index in [2.05, 4.69) is 70.6 Å². The largest absolute Gasteiger partial charge is 0.508 e. The molecule has 54 heavy (non-hydrogen) atoms. The first-order valence-corrected chi connectivity index (χ1v) is 19.3. The number of piperazine rings is 1. The first-order valence-electron chi connectivity index (χ1n) is 19.3. The highest BCUT2D eigenvalue weighted by molar-refractivity contribution is 6.23. The monoisotopic (exact) mass is 724 g/mol. The van der Waals surface area contributed by atoms with Crippen LogP contribution >= 0.6 is 0 Å². The second-order valence-electron chi connectivity index (χ2n) is 14.5. The fraction of sp³-hybridized carbons (Fsp3) is 0.333. The van der Waals surface area contributed by atoms with Crippen molar-refractivity contribution in [2.45, 2.75) is 64.3 Å². The number of phenolic OH excluding ortho intramolecular Hbond substituents is 1. The summed E-state index contributed by atoms with van der Waals surface area (Å²) in [7, 11) is 0. The van der Waals surface area contributed by atoms with Gasteiger partial charge in [-0.1, -0.05) is 80.4 Å². The van der Waals surface area contributed by atoms with Crippen LogP contribution in [0.2, 0.25) is 0 Å². The Hall–Kier alpha value is -5.54. The van der Waals surface area contributed by atoms with Gasteiger partial charge >= 0.3 is 0 Å². The summed E-state index contributed by atoms with van der Waals surface area (Å²) in [6.45, 7) is 7.33. The molecule has 7 rings (SSSR count). The fourth-order valence-corrected chi connectivity index (χ4v) is 8.07. The number of fused-ring (bicyclic) bond motifs is 1. The fourth-order valence-electron chi connectivity index (χ4n) is 8.07. The molecule has 3 aliphatic heterocycles. The van der Waals surface area contributed by atoms with Crippen molar-refractivity contribution in [3.63, 3.8) is 0 Å². The third-order valence-electron chi connectivity index (χ3n) is 11.0. The number of carbonyl (C=O) groups excluding carboxylic acids is 4. The van der Waals surface area contributed by atoms with Crippen molar-refractivity contribution in [2.75, 3.05) is 37.6 Å². The summed E-state index contributed by atoms with van der Waals surface area (Å²) in [5.74, 6) is -1.62. The molecule has 0 spiro atoms. The lowest BCUT2D eigenvalue weighted by molar-refractivity contribution is -0.136. The van der Waals surface area contributed by atoms with Crippen LogP contribution in [0.15, 0.2) is 97.1 Å². The van der Waals surface area contributed by atoms with Gasteiger partial charge in [-0.15, -0.1) is 0 Å². The van der Waals surface area contributed by atoms with E-state index in [1.54, 1.807) is 24.3 Å². The Morgan fingerprint density at radius 1 is 0.722 bits per heavy atom. The molecule has 9 heteroatoms. The summed E-state index contributed by atoms with van der Waals surface area (Å²) >= 11 is 0. The zero-order valence-corrected chi connectivity index (χ0v) is 30.9. The van der Waals surface area contributed by atoms with Gasteiger partial charge < -0.3 is 10.0 Å². The van der Waals surface area contributed by atoms with Crippen LogP contribution in [-0.4, -0.2) is 77.3 Å². The molecule has 0 bridgehead atoms. The first-order chi connectivity index (χ1) is 26.3. The predicted molar refractivity (Wildman–Crippen MR) is 211 cm³/mol. The van der Waals surface area contributed by atoms with E-state index in [0.717, 1.165) is 87.3 Å². The Bertz CT molecular complexity index is 2030. The van der Waals surface area contributed by atoms with Gasteiger partial charge in [-0.3, -0.25) is 34.3 Å². The van der Waals surface area contributed by atoms with E-state index in [9.17, 15) is 24.3 Å². The standard InChI is InChI=1S/C45H48N4O5/c1-2-37(32-11-7-5-8-12-32)42(34-16-20-36(50)21-17-34)33-14-18-35(19-15-33)48-28-26-47(27-29-48)25-9-4-3-6-10-31-13-22-38-39(30-31)45(54)49(44(38)53)40-23-24-41(51)46-43(40)52/h5,7-8,11-22,30,40,50H,2-4,6,9-10,23-29H2,1H3,(H,46,51,52)/b42-37+. The number of phenols is 1. The smallest absolute Gasteiger partial charge is 0.262 e. The Kier molecular flexibility index (Phi) is 11.3. The SMILES string of the molecule is CC/C(=C(\c1ccc(O)cc1)c1ccc(N2CCN(CCCCCCc3ccc4c(c3)C(=O)N(C3CCC(=O)NC3=O)C4=O)CC2)cc1)c1ccccc1. The van der Waals surface area contributed by atoms with Crippen molar-refractivity contribution in [2.24, 2.45) is 0 Å². The van der Waals surface area contributed by atoms with Crippen molar-refractivity contribution < 1.29 is 24.3 Å². The molecular weight excluding hydrogens is 677 g/mol. The average Bonchev–Trinajstić information content (AvgIpc) is 3.44. The Morgan fingerprint density at radius 2 is 1.39 bits per heavy atom. The Morgan fingerprint density at radius 3 is 2.07 bits per heavy atom. The topological polar surface area (TPSA) is 110 Å². The van der Waals surface area contributed by atoms with Gasteiger partial charge in [0.15, 0.2) is 0 Å². The summed E-state index contributed by atoms with van der Waals surface area (Å²) < 4.78 is 0. The van der Waals surface area contributed by atoms with Gasteiger partial charge in [-0.25, -0.2) is 0 Å². The van der Waals surface area contributed by atoms with Crippen molar-refractivity contribution in [3.8, 4) is 5.75 Å². The number of nitrogens with one attached hydrogen (secondary N) is 1. The summed E-state index contributed by atoms with van der Waals surface area (Å²) in [5, 5.41) is 12.2. The number of anilines is 1. The van der Waals surface area contributed by atoms with Crippen molar-refractivity contribution >= 4 is 40.5 Å². The zero-order valence-electron chi connectivity index (χ0n) is 30.9. The highest BCUT2D eigenvalue weighted by atomic mass is 16.3. The molecule has 0 aliphatic carbocycles. The summed E-state index contributed by atoms with van der Waals surface area (Å²) in [4.78, 5) is 56.1. The maximum atomic E-state index is 13.1. The number of aromatic hydroxyl groups is 1. The van der Waals surface area contributed by atoms with Crippen LogP contribution in [0.25, 0.3) is 11.1 Å². The van der Waals surface area contributed by atoms with Gasteiger partial charge in [0.25, 0.3) is 11.8 Å². The number of imide groups is 2. The first kappa shape index (κ1) is 36.8. The van der Waals surface area contributed by atoms with Crippen LogP contribution in [0.1, 0.15) is 94.8 Å². The van der Waals surface area contributed by atoms with Crippen molar-refractivity contribution in [3.05, 3.63) is 130 Å². The molecule has 3 aliphatic rings. The van der Waals surface area contributed by atoms with Crippen LogP contribution in [0, 0.1) is 0 Å². The molecule has 278 valence electrons. The maximum Gasteiger partial charge on any atom is 0.262 e. The van der Waals surface area contributed by atoms with Crippen LogP contribution in [0.3, 0.4) is 0 Å². The van der Waals surface area contributed by atoms with Gasteiger partial charge in [0.2, 0.25) is 11.8 Å². The van der Waals surface area contributed by atoms with Crippen molar-refractivity contribution in [1.82, 2.24) is 15.1 Å². The van der Waals surface area contributed by atoms with E-state index >= 15 is 0 Å². The maximum absolute atomic E-state index is 13.1. The molecule has 2 saturated heterocycles. The number of allylic oxidation sites excluding steroid dienone is 1. The average molecular weight is 725 g/mol. The van der Waals surface area contributed by atoms with E-state index in [-0.39, 0.29) is 24.5 Å². The third kappa shape index (κ3) is 8.01. The minimum absolute atomic E-state index is 0.110. The van der Waals surface area contributed by atoms with Gasteiger partial charge in [0.05, 0.1) is 11.1 Å². The van der Waals surface area contributed by atoms with Gasteiger partial charge in [-0.05, 0) is 108 Å². The highest BCUT2D eigenvalue weighted by Crippen LogP contribution is 2.36. The Balaban J connectivity index is 0.869. The molecule has 0 aromatic heterocycles. The van der Waals surface area contributed by atoms with Gasteiger partial charge in [0.1, 0.15) is 11.8 Å². The number of unbranched alkanes of at least 4 members (excludes halogenated alkanes) is 3. The summed E-state index contributed by atoms with van der Waals surface area (Å²) in [6, 6.07) is 31.5. The molecule has 1 atom stereocenters. The van der Waals surface area contributed by atoms with E-state index in [1.165, 1.54) is 28.0 Å². The van der Waals surface area contributed by atoms with Gasteiger partial charge in [0, 0.05) is 38.3 Å². The van der Waals surface area contributed by atoms with Crippen LogP contribution in [-0.2, 0) is 16.0 Å². The number of nitrogens with zero attached hydrogens (tertiary/aromatic N) is 3. The lowest BCUT2D eigenvalue weighted by Gasteiger charge is -2.36. The van der Waals surface area contributed by atoms with Crippen LogP contribution in [0.4, 0.5) is 5.69 Å². The summed E-state index contributed by atoms with van der Waals surface area (Å²) in [6.07, 6.45) is 6.33. The lowest BCUT2D eigenvalue weighted by Crippen LogP contribution is -2.54. The second-order valence-corrected chi connectivity index (χ2v) is 14.5. The molecule has 4 aromatic carbocycles. The van der Waals surface area contributed by atoms with E-state index in [0.29, 0.717) is 11.1 Å². The number of hydrogen-bond donors (Lipinski definition) is 2. The zero-order chi connectivity index (χ0) is 37.6. The number of hydrogen-bond acceptors (Lipinski definition) is 7. The normalized spacial score (nSPS) is 18.1. The van der Waals surface area contributed by atoms with E-state index < -0.39 is 23.8 Å². The Labute approximate surface area is 317 Å². The quantitative estimate of drug-likeness (QED) is 0.0861. The highest BCUT2D eigenvalue weighted by Gasteiger charge is 2.44. The molecule has 3 heterocycles. The number of carbonyl (C=O) groups is 4. The predicted octanol–water partition coefficient (Wildman–Crippen LogP) is 7.09. The molecule has 2 fully saturated rings. The molecular formula is C45H48N4O5. The molecule has 2 N–H and O–H groups in total. The molecule has 1 unspecified atom stereocenters. The van der Waals surface area contributed by atoms with Crippen LogP contribution in [0.5, 0.6) is 5.75 Å². The minimum Gasteiger partial charge on any atom is -0.508 e. The lowest BCUT2D eigenvalue weighted by atomic mass is 9.88. The van der Waals surface area contributed by atoms with Gasteiger partial charge in [-0.2, -0.15) is 0 Å². The molecule has 4 amide bonds. The number of amides is 4. The number of aryl methyl sites for hydroxylation is 1. The summed E-state index contributed by atoms with van der Waals surface area (Å²) in [5.41, 5.74) is 8.86. The molecule has 0 radical (unpaired) electrons. The van der Waals surface area contributed by atoms with E-state index in [1.807, 2.05) is 24.3 Å². The second kappa shape index (κ2) is 16.6. The third-order valence-corrected chi connectivity index (χ3v) is 11.0. The number of rotatable bonds is 13. The van der Waals surface area contributed by atoms with Crippen molar-refractivity contribution in [1.29, 1.82) is 0 Å². The molecule has 4 aromatic rings. The number of benzene rings is 4. The minimum atomic E-state index is -0.943. The number of piperidine rings is 1. The molecule has 0 saturated carbocycles.